The fraction of sp³-hybridized carbons (Fsp3) is 0.524. The SMILES string of the molecule is COc1cc(C(C)N2CCC[C@H](Cc3cc(C)nc(C)c3)C2)ccn1. The molecule has 3 rings (SSSR count). The Morgan fingerprint density at radius 2 is 2.00 bits per heavy atom. The van der Waals surface area contributed by atoms with E-state index in [1.165, 1.54) is 24.0 Å². The minimum absolute atomic E-state index is 0.389. The Kier molecular flexibility index (Phi) is 5.69. The Bertz CT molecular complexity index is 696. The van der Waals surface area contributed by atoms with Gasteiger partial charge in [-0.3, -0.25) is 9.88 Å². The average molecular weight is 339 g/mol. The van der Waals surface area contributed by atoms with Crippen LogP contribution in [0.1, 0.15) is 48.3 Å². The summed E-state index contributed by atoms with van der Waals surface area (Å²) in [6.07, 6.45) is 5.56. The zero-order valence-corrected chi connectivity index (χ0v) is 15.8. The monoisotopic (exact) mass is 339 g/mol. The highest BCUT2D eigenvalue weighted by atomic mass is 16.5. The van der Waals surface area contributed by atoms with E-state index in [1.54, 1.807) is 7.11 Å². The molecule has 0 bridgehead atoms. The van der Waals surface area contributed by atoms with Crippen LogP contribution in [0.15, 0.2) is 30.5 Å². The molecule has 25 heavy (non-hydrogen) atoms. The van der Waals surface area contributed by atoms with E-state index in [0.717, 1.165) is 30.9 Å². The van der Waals surface area contributed by atoms with Crippen LogP contribution in [0.4, 0.5) is 0 Å². The van der Waals surface area contributed by atoms with Crippen LogP contribution in [0.2, 0.25) is 0 Å². The van der Waals surface area contributed by atoms with E-state index >= 15 is 0 Å². The molecule has 1 fully saturated rings. The minimum Gasteiger partial charge on any atom is -0.481 e. The van der Waals surface area contributed by atoms with Crippen molar-refractivity contribution in [3.05, 3.63) is 53.0 Å². The number of hydrogen-bond donors (Lipinski definition) is 0. The predicted molar refractivity (Wildman–Crippen MR) is 101 cm³/mol. The summed E-state index contributed by atoms with van der Waals surface area (Å²) < 4.78 is 5.28. The van der Waals surface area contributed by atoms with Crippen molar-refractivity contribution < 1.29 is 4.74 Å². The molecular weight excluding hydrogens is 310 g/mol. The van der Waals surface area contributed by atoms with Crippen LogP contribution in [0.3, 0.4) is 0 Å². The fourth-order valence-electron chi connectivity index (χ4n) is 3.99. The smallest absolute Gasteiger partial charge is 0.213 e. The van der Waals surface area contributed by atoms with Gasteiger partial charge in [-0.25, -0.2) is 4.98 Å². The van der Waals surface area contributed by atoms with Crippen molar-refractivity contribution in [2.75, 3.05) is 20.2 Å². The van der Waals surface area contributed by atoms with E-state index in [4.69, 9.17) is 4.74 Å². The van der Waals surface area contributed by atoms with E-state index in [1.807, 2.05) is 6.20 Å². The van der Waals surface area contributed by atoms with Crippen molar-refractivity contribution in [2.45, 2.75) is 46.1 Å². The van der Waals surface area contributed by atoms with Crippen LogP contribution in [-0.4, -0.2) is 35.1 Å². The summed E-state index contributed by atoms with van der Waals surface area (Å²) in [5.74, 6) is 1.40. The first-order valence-electron chi connectivity index (χ1n) is 9.23. The molecule has 4 nitrogen and oxygen atoms in total. The number of nitrogens with zero attached hydrogens (tertiary/aromatic N) is 3. The van der Waals surface area contributed by atoms with E-state index < -0.39 is 0 Å². The van der Waals surface area contributed by atoms with Gasteiger partial charge in [-0.15, -0.1) is 0 Å². The molecule has 0 radical (unpaired) electrons. The Hall–Kier alpha value is -1.94. The number of pyridine rings is 2. The van der Waals surface area contributed by atoms with E-state index in [0.29, 0.717) is 17.8 Å². The van der Waals surface area contributed by atoms with Crippen molar-refractivity contribution in [1.29, 1.82) is 0 Å². The molecule has 134 valence electrons. The van der Waals surface area contributed by atoms with E-state index in [2.05, 4.69) is 59.9 Å². The molecule has 0 aromatic carbocycles. The van der Waals surface area contributed by atoms with Crippen molar-refractivity contribution in [3.63, 3.8) is 0 Å². The largest absolute Gasteiger partial charge is 0.481 e. The highest BCUT2D eigenvalue weighted by molar-refractivity contribution is 5.24. The molecule has 0 amide bonds. The maximum absolute atomic E-state index is 5.28. The van der Waals surface area contributed by atoms with Crippen LogP contribution < -0.4 is 4.74 Å². The van der Waals surface area contributed by atoms with Gasteiger partial charge in [0.2, 0.25) is 5.88 Å². The summed E-state index contributed by atoms with van der Waals surface area (Å²) in [6, 6.07) is 9.03. The van der Waals surface area contributed by atoms with Crippen molar-refractivity contribution in [1.82, 2.24) is 14.9 Å². The van der Waals surface area contributed by atoms with Gasteiger partial charge in [0.1, 0.15) is 0 Å². The van der Waals surface area contributed by atoms with Gasteiger partial charge in [-0.2, -0.15) is 0 Å². The third-order valence-corrected chi connectivity index (χ3v) is 5.21. The van der Waals surface area contributed by atoms with Crippen LogP contribution in [0.5, 0.6) is 5.88 Å². The van der Waals surface area contributed by atoms with E-state index in [-0.39, 0.29) is 0 Å². The third-order valence-electron chi connectivity index (χ3n) is 5.21. The lowest BCUT2D eigenvalue weighted by Gasteiger charge is -2.37. The summed E-state index contributed by atoms with van der Waals surface area (Å²) in [5, 5.41) is 0. The number of hydrogen-bond acceptors (Lipinski definition) is 4. The Morgan fingerprint density at radius 1 is 1.24 bits per heavy atom. The molecule has 3 heterocycles. The van der Waals surface area contributed by atoms with Crippen LogP contribution in [-0.2, 0) is 6.42 Å². The molecule has 0 aliphatic carbocycles. The zero-order valence-electron chi connectivity index (χ0n) is 15.8. The number of piperidine rings is 1. The molecule has 2 aromatic heterocycles. The highest BCUT2D eigenvalue weighted by Crippen LogP contribution is 2.29. The van der Waals surface area contributed by atoms with Crippen LogP contribution >= 0.6 is 0 Å². The molecule has 4 heteroatoms. The number of aromatic nitrogens is 2. The molecule has 2 aromatic rings. The summed E-state index contributed by atoms with van der Waals surface area (Å²) in [5.41, 5.74) is 4.96. The predicted octanol–water partition coefficient (Wildman–Crippen LogP) is 4.12. The Morgan fingerprint density at radius 3 is 2.72 bits per heavy atom. The highest BCUT2D eigenvalue weighted by Gasteiger charge is 2.25. The summed E-state index contributed by atoms with van der Waals surface area (Å²) in [6.45, 7) is 8.77. The van der Waals surface area contributed by atoms with Gasteiger partial charge in [-0.05, 0) is 81.8 Å². The van der Waals surface area contributed by atoms with Gasteiger partial charge in [0.15, 0.2) is 0 Å². The quantitative estimate of drug-likeness (QED) is 0.821. The molecule has 1 saturated heterocycles. The molecule has 0 N–H and O–H groups in total. The van der Waals surface area contributed by atoms with Gasteiger partial charge >= 0.3 is 0 Å². The van der Waals surface area contributed by atoms with Crippen LogP contribution in [0.25, 0.3) is 0 Å². The van der Waals surface area contributed by atoms with Crippen molar-refractivity contribution in [3.8, 4) is 5.88 Å². The lowest BCUT2D eigenvalue weighted by atomic mass is 9.90. The number of aryl methyl sites for hydroxylation is 2. The second-order valence-electron chi connectivity index (χ2n) is 7.27. The number of ether oxygens (including phenoxy) is 1. The maximum Gasteiger partial charge on any atom is 0.213 e. The Labute approximate surface area is 151 Å². The average Bonchev–Trinajstić information content (AvgIpc) is 2.60. The summed E-state index contributed by atoms with van der Waals surface area (Å²) >= 11 is 0. The van der Waals surface area contributed by atoms with Crippen LogP contribution in [0, 0.1) is 19.8 Å². The fourth-order valence-corrected chi connectivity index (χ4v) is 3.99. The first-order valence-corrected chi connectivity index (χ1v) is 9.23. The van der Waals surface area contributed by atoms with E-state index in [9.17, 15) is 0 Å². The Balaban J connectivity index is 1.67. The van der Waals surface area contributed by atoms with Gasteiger partial charge in [0, 0.05) is 36.2 Å². The second-order valence-corrected chi connectivity index (χ2v) is 7.27. The summed E-state index contributed by atoms with van der Waals surface area (Å²) in [4.78, 5) is 11.3. The normalized spacial score (nSPS) is 19.6. The first kappa shape index (κ1) is 17.9. The molecule has 0 saturated carbocycles. The second kappa shape index (κ2) is 7.96. The standard InChI is InChI=1S/C21H29N3O/c1-15-10-19(11-16(2)23-15)12-18-6-5-9-24(14-18)17(3)20-7-8-22-21(13-20)25-4/h7-8,10-11,13,17-18H,5-6,9,12,14H2,1-4H3/t17?,18-/m1/s1. The van der Waals surface area contributed by atoms with Gasteiger partial charge in [-0.1, -0.05) is 0 Å². The number of methoxy groups -OCH3 is 1. The molecule has 0 spiro atoms. The van der Waals surface area contributed by atoms with Crippen molar-refractivity contribution in [2.24, 2.45) is 5.92 Å². The molecule has 1 unspecified atom stereocenters. The van der Waals surface area contributed by atoms with Gasteiger partial charge in [0.05, 0.1) is 7.11 Å². The zero-order chi connectivity index (χ0) is 17.8. The topological polar surface area (TPSA) is 38.2 Å². The lowest BCUT2D eigenvalue weighted by Crippen LogP contribution is -2.38. The summed E-state index contributed by atoms with van der Waals surface area (Å²) in [7, 11) is 1.67. The van der Waals surface area contributed by atoms with Gasteiger partial charge < -0.3 is 4.74 Å². The molecule has 1 aliphatic rings. The number of likely N-dealkylation sites (tertiary alicyclic amines) is 1. The maximum atomic E-state index is 5.28. The number of rotatable bonds is 5. The first-order chi connectivity index (χ1) is 12.0. The molecule has 1 aliphatic heterocycles. The third kappa shape index (κ3) is 4.57. The molecular formula is C21H29N3O. The minimum atomic E-state index is 0.389. The lowest BCUT2D eigenvalue weighted by molar-refractivity contribution is 0.131. The van der Waals surface area contributed by atoms with Gasteiger partial charge in [0.25, 0.3) is 0 Å². The van der Waals surface area contributed by atoms with Crippen molar-refractivity contribution >= 4 is 0 Å². The molecule has 2 atom stereocenters.